The van der Waals surface area contributed by atoms with Crippen molar-refractivity contribution in [3.63, 3.8) is 0 Å². The molecule has 4 rings (SSSR count). The van der Waals surface area contributed by atoms with E-state index in [0.29, 0.717) is 0 Å². The lowest BCUT2D eigenvalue weighted by Gasteiger charge is -2.10. The fourth-order valence-corrected chi connectivity index (χ4v) is 3.60. The van der Waals surface area contributed by atoms with Gasteiger partial charge in [0.1, 0.15) is 5.82 Å². The van der Waals surface area contributed by atoms with Crippen LogP contribution in [-0.2, 0) is 6.42 Å². The summed E-state index contributed by atoms with van der Waals surface area (Å²) in [6.45, 7) is 5.27. The van der Waals surface area contributed by atoms with Gasteiger partial charge in [-0.2, -0.15) is 5.10 Å². The van der Waals surface area contributed by atoms with E-state index in [1.165, 1.54) is 29.5 Å². The van der Waals surface area contributed by atoms with Crippen LogP contribution in [0.5, 0.6) is 0 Å². The molecule has 0 atom stereocenters. The van der Waals surface area contributed by atoms with Crippen molar-refractivity contribution < 1.29 is 0 Å². The average Bonchev–Trinajstić information content (AvgIpc) is 2.79. The van der Waals surface area contributed by atoms with Crippen LogP contribution in [0.15, 0.2) is 42.5 Å². The zero-order valence-corrected chi connectivity index (χ0v) is 15.4. The topological polar surface area (TPSA) is 29.9 Å². The van der Waals surface area contributed by atoms with Crippen molar-refractivity contribution in [1.82, 2.24) is 9.78 Å². The van der Waals surface area contributed by atoms with Gasteiger partial charge in [-0.25, -0.2) is 4.68 Å². The maximum atomic E-state index is 6.22. The lowest BCUT2D eigenvalue weighted by atomic mass is 10.0. The molecule has 3 aromatic rings. The van der Waals surface area contributed by atoms with Crippen molar-refractivity contribution >= 4 is 17.4 Å². The van der Waals surface area contributed by atoms with Crippen molar-refractivity contribution in [3.05, 3.63) is 64.2 Å². The van der Waals surface area contributed by atoms with Gasteiger partial charge in [-0.3, -0.25) is 0 Å². The molecule has 2 aromatic carbocycles. The van der Waals surface area contributed by atoms with Gasteiger partial charge in [-0.1, -0.05) is 29.8 Å². The number of rotatable bonds is 2. The van der Waals surface area contributed by atoms with Crippen molar-refractivity contribution in [2.75, 3.05) is 11.9 Å². The summed E-state index contributed by atoms with van der Waals surface area (Å²) >= 11 is 6.22. The molecule has 4 heteroatoms. The number of aromatic nitrogens is 2. The summed E-state index contributed by atoms with van der Waals surface area (Å²) in [5, 5.41) is 9.32. The summed E-state index contributed by atoms with van der Waals surface area (Å²) in [6, 6.07) is 14.5. The summed E-state index contributed by atoms with van der Waals surface area (Å²) in [6.07, 6.45) is 3.39. The van der Waals surface area contributed by atoms with Gasteiger partial charge < -0.3 is 5.32 Å². The third-order valence-corrected chi connectivity index (χ3v) is 5.20. The minimum Gasteiger partial charge on any atom is -0.370 e. The van der Waals surface area contributed by atoms with Crippen LogP contribution < -0.4 is 5.32 Å². The Morgan fingerprint density at radius 2 is 1.92 bits per heavy atom. The number of fused-ring (bicyclic) bond motifs is 1. The Bertz CT molecular complexity index is 927. The molecule has 1 aromatic heterocycles. The zero-order chi connectivity index (χ0) is 17.4. The van der Waals surface area contributed by atoms with Gasteiger partial charge in [-0.05, 0) is 68.5 Å². The van der Waals surface area contributed by atoms with Gasteiger partial charge in [0.05, 0.1) is 11.4 Å². The minimum atomic E-state index is 0.744. The predicted molar refractivity (Wildman–Crippen MR) is 105 cm³/mol. The molecule has 0 spiro atoms. The number of hydrogen-bond donors (Lipinski definition) is 1. The van der Waals surface area contributed by atoms with E-state index in [9.17, 15) is 0 Å². The number of nitrogens with zero attached hydrogens (tertiary/aromatic N) is 2. The average molecular weight is 352 g/mol. The Hall–Kier alpha value is -2.26. The van der Waals surface area contributed by atoms with Gasteiger partial charge in [-0.15, -0.1) is 0 Å². The molecule has 0 saturated heterocycles. The quantitative estimate of drug-likeness (QED) is 0.655. The highest BCUT2D eigenvalue weighted by molar-refractivity contribution is 6.30. The van der Waals surface area contributed by atoms with Gasteiger partial charge in [0.25, 0.3) is 0 Å². The monoisotopic (exact) mass is 351 g/mol. The number of halogens is 1. The van der Waals surface area contributed by atoms with E-state index in [2.05, 4.69) is 48.1 Å². The first-order valence-corrected chi connectivity index (χ1v) is 9.20. The van der Waals surface area contributed by atoms with E-state index < -0.39 is 0 Å². The molecule has 0 fully saturated rings. The van der Waals surface area contributed by atoms with E-state index in [4.69, 9.17) is 16.7 Å². The summed E-state index contributed by atoms with van der Waals surface area (Å²) in [7, 11) is 0. The largest absolute Gasteiger partial charge is 0.370 e. The highest BCUT2D eigenvalue weighted by Gasteiger charge is 2.21. The first-order valence-electron chi connectivity index (χ1n) is 8.83. The smallest absolute Gasteiger partial charge is 0.133 e. The molecule has 0 radical (unpaired) electrons. The van der Waals surface area contributed by atoms with E-state index in [1.54, 1.807) is 0 Å². The molecule has 128 valence electrons. The molecule has 0 saturated carbocycles. The Morgan fingerprint density at radius 3 is 2.72 bits per heavy atom. The third-order valence-electron chi connectivity index (χ3n) is 4.96. The Kier molecular flexibility index (Phi) is 4.26. The molecular formula is C21H22ClN3. The molecule has 3 nitrogen and oxygen atoms in total. The SMILES string of the molecule is Cc1ccc(-n2nc(-c3cccc(Cl)c3)c3c2NCCCC3)cc1C. The summed E-state index contributed by atoms with van der Waals surface area (Å²) in [4.78, 5) is 0. The van der Waals surface area contributed by atoms with Crippen molar-refractivity contribution in [1.29, 1.82) is 0 Å². The highest BCUT2D eigenvalue weighted by Crippen LogP contribution is 2.35. The van der Waals surface area contributed by atoms with E-state index in [1.807, 2.05) is 18.2 Å². The van der Waals surface area contributed by atoms with Gasteiger partial charge in [0, 0.05) is 22.7 Å². The molecular weight excluding hydrogens is 330 g/mol. The Labute approximate surface area is 153 Å². The van der Waals surface area contributed by atoms with Crippen LogP contribution in [0.1, 0.15) is 29.5 Å². The van der Waals surface area contributed by atoms with Gasteiger partial charge in [0.15, 0.2) is 0 Å². The lowest BCUT2D eigenvalue weighted by molar-refractivity contribution is 0.780. The number of benzene rings is 2. The van der Waals surface area contributed by atoms with E-state index in [0.717, 1.165) is 40.8 Å². The van der Waals surface area contributed by atoms with Crippen LogP contribution in [0.4, 0.5) is 5.82 Å². The summed E-state index contributed by atoms with van der Waals surface area (Å²) in [5.74, 6) is 1.12. The van der Waals surface area contributed by atoms with Crippen LogP contribution in [0.3, 0.4) is 0 Å². The molecule has 25 heavy (non-hydrogen) atoms. The Morgan fingerprint density at radius 1 is 1.04 bits per heavy atom. The molecule has 0 aliphatic carbocycles. The number of aryl methyl sites for hydroxylation is 2. The fraction of sp³-hybridized carbons (Fsp3) is 0.286. The second kappa shape index (κ2) is 6.57. The minimum absolute atomic E-state index is 0.744. The third kappa shape index (κ3) is 3.05. The molecule has 0 bridgehead atoms. The fourth-order valence-electron chi connectivity index (χ4n) is 3.41. The molecule has 1 aliphatic rings. The maximum Gasteiger partial charge on any atom is 0.133 e. The normalized spacial score (nSPS) is 13.9. The van der Waals surface area contributed by atoms with Gasteiger partial charge in [0.2, 0.25) is 0 Å². The maximum absolute atomic E-state index is 6.22. The second-order valence-corrected chi connectivity index (χ2v) is 7.19. The van der Waals surface area contributed by atoms with Crippen molar-refractivity contribution in [2.45, 2.75) is 33.1 Å². The molecule has 2 heterocycles. The molecule has 0 unspecified atom stereocenters. The summed E-state index contributed by atoms with van der Waals surface area (Å²) < 4.78 is 2.06. The van der Waals surface area contributed by atoms with E-state index in [-0.39, 0.29) is 0 Å². The van der Waals surface area contributed by atoms with Crippen LogP contribution >= 0.6 is 11.6 Å². The van der Waals surface area contributed by atoms with Gasteiger partial charge >= 0.3 is 0 Å². The summed E-state index contributed by atoms with van der Waals surface area (Å²) in [5.41, 5.74) is 7.07. The highest BCUT2D eigenvalue weighted by atomic mass is 35.5. The van der Waals surface area contributed by atoms with Crippen LogP contribution in [0.25, 0.3) is 16.9 Å². The Balaban J connectivity index is 1.91. The first-order chi connectivity index (χ1) is 12.1. The molecule has 0 amide bonds. The number of nitrogens with one attached hydrogen (secondary N) is 1. The first kappa shape index (κ1) is 16.2. The zero-order valence-electron chi connectivity index (χ0n) is 14.6. The number of hydrogen-bond acceptors (Lipinski definition) is 2. The lowest BCUT2D eigenvalue weighted by Crippen LogP contribution is -2.07. The van der Waals surface area contributed by atoms with Crippen molar-refractivity contribution in [3.8, 4) is 16.9 Å². The van der Waals surface area contributed by atoms with Crippen LogP contribution in [0, 0.1) is 13.8 Å². The number of anilines is 1. The second-order valence-electron chi connectivity index (χ2n) is 6.75. The predicted octanol–water partition coefficient (Wildman–Crippen LogP) is 5.56. The molecule has 1 N–H and O–H groups in total. The van der Waals surface area contributed by atoms with Crippen LogP contribution in [-0.4, -0.2) is 16.3 Å². The standard InChI is InChI=1S/C21H22ClN3/c1-14-9-10-18(12-15(14)2)25-21-19(8-3-4-11-23-21)20(24-25)16-6-5-7-17(22)13-16/h5-7,9-10,12-13,23H,3-4,8,11H2,1-2H3. The molecule has 1 aliphatic heterocycles. The van der Waals surface area contributed by atoms with Crippen LogP contribution in [0.2, 0.25) is 5.02 Å². The van der Waals surface area contributed by atoms with Crippen molar-refractivity contribution in [2.24, 2.45) is 0 Å². The van der Waals surface area contributed by atoms with E-state index >= 15 is 0 Å².